The molecule has 0 amide bonds. The van der Waals surface area contributed by atoms with Gasteiger partial charge in [0, 0.05) is 38.7 Å². The van der Waals surface area contributed by atoms with Gasteiger partial charge in [-0.05, 0) is 33.4 Å². The van der Waals surface area contributed by atoms with Gasteiger partial charge in [0.05, 0.1) is 26.4 Å². The number of ether oxygens (including phenoxy) is 2. The van der Waals surface area contributed by atoms with Gasteiger partial charge in [0.25, 0.3) is 0 Å². The zero-order valence-electron chi connectivity index (χ0n) is 18.4. The Morgan fingerprint density at radius 3 is 2.48 bits per heavy atom. The van der Waals surface area contributed by atoms with Crippen LogP contribution in [0.2, 0.25) is 0 Å². The number of guanidine groups is 1. The lowest BCUT2D eigenvalue weighted by Gasteiger charge is -2.31. The lowest BCUT2D eigenvalue weighted by molar-refractivity contribution is 0.0536. The molecule has 0 saturated carbocycles. The van der Waals surface area contributed by atoms with Gasteiger partial charge in [-0.15, -0.1) is 24.0 Å². The summed E-state index contributed by atoms with van der Waals surface area (Å²) < 4.78 is 10.8. The van der Waals surface area contributed by atoms with E-state index in [-0.39, 0.29) is 24.0 Å². The van der Waals surface area contributed by atoms with Crippen LogP contribution in [0.15, 0.2) is 4.99 Å². The summed E-state index contributed by atoms with van der Waals surface area (Å²) in [6, 6.07) is 0.495. The van der Waals surface area contributed by atoms with E-state index in [2.05, 4.69) is 50.0 Å². The third kappa shape index (κ3) is 9.76. The molecule has 6 nitrogen and oxygen atoms in total. The SMILES string of the molecule is CCNC(=NCC(C(CC)CC)N(C)C)N1CCC(COCCOC)C1.I. The first-order chi connectivity index (χ1) is 12.6. The third-order valence-corrected chi connectivity index (χ3v) is 5.39. The van der Waals surface area contributed by atoms with Gasteiger partial charge in [-0.3, -0.25) is 4.99 Å². The summed E-state index contributed by atoms with van der Waals surface area (Å²) >= 11 is 0. The summed E-state index contributed by atoms with van der Waals surface area (Å²) in [5.74, 6) is 2.33. The fourth-order valence-corrected chi connectivity index (χ4v) is 3.73. The zero-order chi connectivity index (χ0) is 19.4. The largest absolute Gasteiger partial charge is 0.382 e. The molecule has 27 heavy (non-hydrogen) atoms. The van der Waals surface area contributed by atoms with E-state index in [0.29, 0.717) is 31.1 Å². The minimum atomic E-state index is 0. The quantitative estimate of drug-likeness (QED) is 0.194. The summed E-state index contributed by atoms with van der Waals surface area (Å²) in [5.41, 5.74) is 0. The Bertz CT molecular complexity index is 392. The molecule has 162 valence electrons. The fraction of sp³-hybridized carbons (Fsp3) is 0.950. The molecular formula is C20H43IN4O2. The molecule has 0 spiro atoms. The molecule has 1 aliphatic rings. The van der Waals surface area contributed by atoms with E-state index in [9.17, 15) is 0 Å². The van der Waals surface area contributed by atoms with Crippen molar-refractivity contribution >= 4 is 29.9 Å². The molecule has 0 aliphatic carbocycles. The van der Waals surface area contributed by atoms with Gasteiger partial charge in [0.2, 0.25) is 0 Å². The van der Waals surface area contributed by atoms with Gasteiger partial charge >= 0.3 is 0 Å². The molecule has 1 rings (SSSR count). The highest BCUT2D eigenvalue weighted by Gasteiger charge is 2.26. The summed E-state index contributed by atoms with van der Waals surface area (Å²) in [4.78, 5) is 9.74. The van der Waals surface area contributed by atoms with Crippen molar-refractivity contribution in [3.63, 3.8) is 0 Å². The van der Waals surface area contributed by atoms with E-state index in [1.807, 2.05) is 0 Å². The standard InChI is InChI=1S/C20H42N4O2.HI/c1-7-18(8-2)19(23(4)5)14-22-20(21-9-3)24-11-10-17(15-24)16-26-13-12-25-6;/h17-19H,7-16H2,1-6H3,(H,21,22);1H. The van der Waals surface area contributed by atoms with Crippen molar-refractivity contribution in [2.75, 3.05) is 67.2 Å². The Labute approximate surface area is 184 Å². The summed E-state index contributed by atoms with van der Waals surface area (Å²) in [6.07, 6.45) is 3.58. The number of halogens is 1. The number of likely N-dealkylation sites (N-methyl/N-ethyl adjacent to an activating group) is 1. The predicted molar refractivity (Wildman–Crippen MR) is 125 cm³/mol. The molecule has 1 saturated heterocycles. The lowest BCUT2D eigenvalue weighted by Crippen LogP contribution is -2.43. The second kappa shape index (κ2) is 15.8. The molecule has 0 aromatic heterocycles. The molecule has 1 aliphatic heterocycles. The summed E-state index contributed by atoms with van der Waals surface area (Å²) in [6.45, 7) is 12.7. The minimum Gasteiger partial charge on any atom is -0.382 e. The molecule has 7 heteroatoms. The number of likely N-dealkylation sites (tertiary alicyclic amines) is 1. The molecule has 0 aromatic rings. The number of nitrogens with one attached hydrogen (secondary N) is 1. The molecule has 1 N–H and O–H groups in total. The molecular weight excluding hydrogens is 455 g/mol. The van der Waals surface area contributed by atoms with Crippen molar-refractivity contribution in [1.29, 1.82) is 0 Å². The van der Waals surface area contributed by atoms with E-state index in [1.165, 1.54) is 19.3 Å². The number of hydrogen-bond acceptors (Lipinski definition) is 4. The van der Waals surface area contributed by atoms with Gasteiger partial charge in [0.15, 0.2) is 5.96 Å². The average Bonchev–Trinajstić information content (AvgIpc) is 3.09. The first-order valence-electron chi connectivity index (χ1n) is 10.3. The second-order valence-electron chi connectivity index (χ2n) is 7.47. The van der Waals surface area contributed by atoms with E-state index in [1.54, 1.807) is 7.11 Å². The van der Waals surface area contributed by atoms with Crippen LogP contribution in [0, 0.1) is 11.8 Å². The van der Waals surface area contributed by atoms with Gasteiger partial charge in [0.1, 0.15) is 0 Å². The van der Waals surface area contributed by atoms with Crippen molar-refractivity contribution in [3.05, 3.63) is 0 Å². The van der Waals surface area contributed by atoms with Crippen molar-refractivity contribution in [2.45, 2.75) is 46.1 Å². The Hall–Kier alpha value is -0.120. The lowest BCUT2D eigenvalue weighted by atomic mass is 9.93. The highest BCUT2D eigenvalue weighted by molar-refractivity contribution is 14.0. The maximum atomic E-state index is 5.72. The first kappa shape index (κ1) is 26.9. The molecule has 1 heterocycles. The Morgan fingerprint density at radius 1 is 1.22 bits per heavy atom. The number of hydrogen-bond donors (Lipinski definition) is 1. The smallest absolute Gasteiger partial charge is 0.193 e. The first-order valence-corrected chi connectivity index (χ1v) is 10.3. The molecule has 0 bridgehead atoms. The minimum absolute atomic E-state index is 0. The fourth-order valence-electron chi connectivity index (χ4n) is 3.73. The zero-order valence-corrected chi connectivity index (χ0v) is 20.7. The molecule has 0 radical (unpaired) electrons. The number of methoxy groups -OCH3 is 1. The van der Waals surface area contributed by atoms with E-state index in [0.717, 1.165) is 38.7 Å². The van der Waals surface area contributed by atoms with Crippen molar-refractivity contribution in [1.82, 2.24) is 15.1 Å². The van der Waals surface area contributed by atoms with Gasteiger partial charge in [-0.2, -0.15) is 0 Å². The van der Waals surface area contributed by atoms with E-state index < -0.39 is 0 Å². The average molecular weight is 498 g/mol. The number of nitrogens with zero attached hydrogens (tertiary/aromatic N) is 3. The number of aliphatic imine (C=N–C) groups is 1. The van der Waals surface area contributed by atoms with Gasteiger partial charge in [-0.25, -0.2) is 0 Å². The van der Waals surface area contributed by atoms with E-state index >= 15 is 0 Å². The maximum absolute atomic E-state index is 5.72. The molecule has 0 aromatic carbocycles. The summed E-state index contributed by atoms with van der Waals surface area (Å²) in [7, 11) is 6.06. The van der Waals surface area contributed by atoms with Crippen LogP contribution >= 0.6 is 24.0 Å². The number of rotatable bonds is 12. The van der Waals surface area contributed by atoms with Gasteiger partial charge < -0.3 is 24.6 Å². The highest BCUT2D eigenvalue weighted by Crippen LogP contribution is 2.19. The summed E-state index contributed by atoms with van der Waals surface area (Å²) in [5, 5.41) is 3.49. The topological polar surface area (TPSA) is 49.3 Å². The van der Waals surface area contributed by atoms with Crippen LogP contribution in [0.1, 0.15) is 40.0 Å². The molecule has 2 atom stereocenters. The highest BCUT2D eigenvalue weighted by atomic mass is 127. The van der Waals surface area contributed by atoms with Crippen LogP contribution in [0.4, 0.5) is 0 Å². The Morgan fingerprint density at radius 2 is 1.93 bits per heavy atom. The van der Waals surface area contributed by atoms with Crippen LogP contribution in [0.3, 0.4) is 0 Å². The third-order valence-electron chi connectivity index (χ3n) is 5.39. The van der Waals surface area contributed by atoms with Crippen molar-refractivity contribution in [2.24, 2.45) is 16.8 Å². The second-order valence-corrected chi connectivity index (χ2v) is 7.47. The monoisotopic (exact) mass is 498 g/mol. The Balaban J connectivity index is 0.00000676. The predicted octanol–water partition coefficient (Wildman–Crippen LogP) is 2.92. The van der Waals surface area contributed by atoms with Gasteiger partial charge in [-0.1, -0.05) is 26.7 Å². The Kier molecular flexibility index (Phi) is 15.7. The van der Waals surface area contributed by atoms with Crippen molar-refractivity contribution in [3.8, 4) is 0 Å². The normalized spacial score (nSPS) is 18.9. The van der Waals surface area contributed by atoms with Crippen LogP contribution in [0.5, 0.6) is 0 Å². The maximum Gasteiger partial charge on any atom is 0.193 e. The molecule has 2 unspecified atom stereocenters. The van der Waals surface area contributed by atoms with Crippen LogP contribution in [-0.2, 0) is 9.47 Å². The van der Waals surface area contributed by atoms with Crippen LogP contribution in [-0.4, -0.2) is 89.0 Å². The van der Waals surface area contributed by atoms with Crippen LogP contribution in [0.25, 0.3) is 0 Å². The van der Waals surface area contributed by atoms with Crippen LogP contribution < -0.4 is 5.32 Å². The molecule has 1 fully saturated rings. The van der Waals surface area contributed by atoms with Crippen molar-refractivity contribution < 1.29 is 9.47 Å². The van der Waals surface area contributed by atoms with E-state index in [4.69, 9.17) is 14.5 Å².